The molecule has 0 aromatic heterocycles. The Morgan fingerprint density at radius 2 is 1.76 bits per heavy atom. The van der Waals surface area contributed by atoms with Gasteiger partial charge in [-0.1, -0.05) is 25.0 Å². The van der Waals surface area contributed by atoms with Gasteiger partial charge >= 0.3 is 0 Å². The Bertz CT molecular complexity index is 1160. The number of imide groups is 1. The summed E-state index contributed by atoms with van der Waals surface area (Å²) in [6.45, 7) is 0.214. The van der Waals surface area contributed by atoms with Crippen molar-refractivity contribution in [1.82, 2.24) is 15.5 Å². The molecule has 1 aliphatic carbocycles. The molecule has 7 nitrogen and oxygen atoms in total. The topological polar surface area (TPSA) is 95.6 Å². The maximum Gasteiger partial charge on any atom is 0.255 e. The van der Waals surface area contributed by atoms with Crippen LogP contribution in [0.5, 0.6) is 0 Å². The third kappa shape index (κ3) is 4.20. The molecule has 2 N–H and O–H groups in total. The molecule has 0 unspecified atom stereocenters. The Labute approximate surface area is 196 Å². The lowest BCUT2D eigenvalue weighted by Crippen LogP contribution is -2.52. The lowest BCUT2D eigenvalue weighted by atomic mass is 9.91. The maximum absolute atomic E-state index is 13.5. The van der Waals surface area contributed by atoms with Gasteiger partial charge < -0.3 is 10.2 Å². The standard InChI is InChI=1S/C26H26FN3O4/c27-19-8-5-16(6-9-19)23(15-3-1-2-4-15)29-24(32)17-7-10-20-18(13-17)14-30(26(20)34)21-11-12-22(31)28-25(21)33/h5-10,13,15,21,23H,1-4,11-12,14H2,(H,29,32)(H,28,31,33)/t21-,23+/m0/s1. The fraction of sp³-hybridized carbons (Fsp3) is 0.385. The molecule has 1 saturated heterocycles. The van der Waals surface area contributed by atoms with Crippen molar-refractivity contribution in [2.24, 2.45) is 5.92 Å². The Morgan fingerprint density at radius 1 is 1.03 bits per heavy atom. The summed E-state index contributed by atoms with van der Waals surface area (Å²) >= 11 is 0. The van der Waals surface area contributed by atoms with Gasteiger partial charge in [-0.2, -0.15) is 0 Å². The predicted molar refractivity (Wildman–Crippen MR) is 121 cm³/mol. The number of halogens is 1. The number of carbonyl (C=O) groups excluding carboxylic acids is 4. The smallest absolute Gasteiger partial charge is 0.255 e. The molecule has 0 spiro atoms. The predicted octanol–water partition coefficient (Wildman–Crippen LogP) is 3.25. The zero-order chi connectivity index (χ0) is 23.8. The summed E-state index contributed by atoms with van der Waals surface area (Å²) in [4.78, 5) is 51.3. The minimum Gasteiger partial charge on any atom is -0.345 e. The van der Waals surface area contributed by atoms with Gasteiger partial charge in [0.1, 0.15) is 11.9 Å². The second-order valence-corrected chi connectivity index (χ2v) is 9.32. The monoisotopic (exact) mass is 463 g/mol. The zero-order valence-corrected chi connectivity index (χ0v) is 18.7. The van der Waals surface area contributed by atoms with Crippen molar-refractivity contribution in [3.05, 3.63) is 70.5 Å². The molecule has 34 heavy (non-hydrogen) atoms. The van der Waals surface area contributed by atoms with Crippen LogP contribution >= 0.6 is 0 Å². The summed E-state index contributed by atoms with van der Waals surface area (Å²) in [6, 6.07) is 10.3. The van der Waals surface area contributed by atoms with E-state index in [1.807, 2.05) is 0 Å². The maximum atomic E-state index is 13.5. The molecule has 2 aromatic carbocycles. The number of nitrogens with zero attached hydrogens (tertiary/aromatic N) is 1. The number of benzene rings is 2. The van der Waals surface area contributed by atoms with Gasteiger partial charge in [-0.05, 0) is 66.6 Å². The summed E-state index contributed by atoms with van der Waals surface area (Å²) in [5.74, 6) is -1.35. The van der Waals surface area contributed by atoms with Crippen molar-refractivity contribution >= 4 is 23.6 Å². The normalized spacial score (nSPS) is 21.4. The van der Waals surface area contributed by atoms with Crippen LogP contribution in [0.4, 0.5) is 4.39 Å². The average Bonchev–Trinajstić information content (AvgIpc) is 3.46. The highest BCUT2D eigenvalue weighted by molar-refractivity contribution is 6.06. The number of rotatable bonds is 5. The first-order chi connectivity index (χ1) is 16.4. The molecule has 2 heterocycles. The van der Waals surface area contributed by atoms with Crippen LogP contribution in [0.2, 0.25) is 0 Å². The van der Waals surface area contributed by atoms with Crippen molar-refractivity contribution < 1.29 is 23.6 Å². The van der Waals surface area contributed by atoms with E-state index in [1.165, 1.54) is 17.0 Å². The molecule has 2 aliphatic heterocycles. The zero-order valence-electron chi connectivity index (χ0n) is 18.7. The lowest BCUT2D eigenvalue weighted by Gasteiger charge is -2.29. The van der Waals surface area contributed by atoms with E-state index in [1.54, 1.807) is 30.3 Å². The molecule has 0 bridgehead atoms. The van der Waals surface area contributed by atoms with E-state index in [0.29, 0.717) is 23.1 Å². The third-order valence-corrected chi connectivity index (χ3v) is 7.17. The Balaban J connectivity index is 1.34. The van der Waals surface area contributed by atoms with Crippen LogP contribution in [-0.2, 0) is 16.1 Å². The van der Waals surface area contributed by atoms with E-state index in [9.17, 15) is 23.6 Å². The minimum atomic E-state index is -0.694. The molecule has 1 saturated carbocycles. The number of nitrogens with one attached hydrogen (secondary N) is 2. The SMILES string of the molecule is O=C1CC[C@H](N2Cc3cc(C(=O)N[C@@H](c4ccc(F)cc4)C4CCCC4)ccc3C2=O)C(=O)N1. The lowest BCUT2D eigenvalue weighted by molar-refractivity contribution is -0.136. The molecule has 2 fully saturated rings. The molecule has 2 atom stereocenters. The summed E-state index contributed by atoms with van der Waals surface area (Å²) in [5.41, 5.74) is 2.46. The van der Waals surface area contributed by atoms with Crippen LogP contribution in [0.1, 0.15) is 76.4 Å². The Kier molecular flexibility index (Phi) is 5.89. The van der Waals surface area contributed by atoms with Gasteiger partial charge in [-0.3, -0.25) is 24.5 Å². The summed E-state index contributed by atoms with van der Waals surface area (Å²) < 4.78 is 13.5. The van der Waals surface area contributed by atoms with E-state index in [2.05, 4.69) is 10.6 Å². The third-order valence-electron chi connectivity index (χ3n) is 7.17. The van der Waals surface area contributed by atoms with Crippen LogP contribution in [0, 0.1) is 11.7 Å². The number of piperidine rings is 1. The summed E-state index contributed by atoms with van der Waals surface area (Å²) in [5, 5.41) is 5.43. The van der Waals surface area contributed by atoms with Gasteiger partial charge in [0, 0.05) is 24.1 Å². The Hall–Kier alpha value is -3.55. The highest BCUT2D eigenvalue weighted by Crippen LogP contribution is 2.36. The summed E-state index contributed by atoms with van der Waals surface area (Å²) in [6.07, 6.45) is 4.70. The second-order valence-electron chi connectivity index (χ2n) is 9.32. The van der Waals surface area contributed by atoms with Crippen LogP contribution in [-0.4, -0.2) is 34.6 Å². The molecule has 5 rings (SSSR count). The first-order valence-corrected chi connectivity index (χ1v) is 11.7. The van der Waals surface area contributed by atoms with Gasteiger partial charge in [-0.15, -0.1) is 0 Å². The highest BCUT2D eigenvalue weighted by atomic mass is 19.1. The molecular formula is C26H26FN3O4. The van der Waals surface area contributed by atoms with Crippen molar-refractivity contribution in [1.29, 1.82) is 0 Å². The molecule has 3 aliphatic rings. The number of fused-ring (bicyclic) bond motifs is 1. The molecular weight excluding hydrogens is 437 g/mol. The Morgan fingerprint density at radius 3 is 2.47 bits per heavy atom. The second kappa shape index (κ2) is 9.00. The fourth-order valence-electron chi connectivity index (χ4n) is 5.37. The molecule has 176 valence electrons. The van der Waals surface area contributed by atoms with Crippen molar-refractivity contribution in [3.8, 4) is 0 Å². The molecule has 0 radical (unpaired) electrons. The molecule has 2 aromatic rings. The summed E-state index contributed by atoms with van der Waals surface area (Å²) in [7, 11) is 0. The van der Waals surface area contributed by atoms with Crippen LogP contribution in [0.3, 0.4) is 0 Å². The molecule has 4 amide bonds. The van der Waals surface area contributed by atoms with Crippen molar-refractivity contribution in [2.75, 3.05) is 0 Å². The minimum absolute atomic E-state index is 0.191. The van der Waals surface area contributed by atoms with Crippen molar-refractivity contribution in [2.45, 2.75) is 57.2 Å². The fourth-order valence-corrected chi connectivity index (χ4v) is 5.37. The number of hydrogen-bond acceptors (Lipinski definition) is 4. The van der Waals surface area contributed by atoms with E-state index >= 15 is 0 Å². The highest BCUT2D eigenvalue weighted by Gasteiger charge is 2.39. The van der Waals surface area contributed by atoms with Gasteiger partial charge in [0.2, 0.25) is 11.8 Å². The average molecular weight is 464 g/mol. The van der Waals surface area contributed by atoms with E-state index in [0.717, 1.165) is 31.2 Å². The van der Waals surface area contributed by atoms with Crippen LogP contribution in [0.25, 0.3) is 0 Å². The van der Waals surface area contributed by atoms with Gasteiger partial charge in [-0.25, -0.2) is 4.39 Å². The number of amides is 4. The van der Waals surface area contributed by atoms with Gasteiger partial charge in [0.15, 0.2) is 0 Å². The van der Waals surface area contributed by atoms with E-state index in [-0.39, 0.29) is 48.5 Å². The van der Waals surface area contributed by atoms with Crippen LogP contribution < -0.4 is 10.6 Å². The van der Waals surface area contributed by atoms with Crippen molar-refractivity contribution in [3.63, 3.8) is 0 Å². The molecule has 8 heteroatoms. The van der Waals surface area contributed by atoms with Gasteiger partial charge in [0.25, 0.3) is 11.8 Å². The van der Waals surface area contributed by atoms with Crippen LogP contribution in [0.15, 0.2) is 42.5 Å². The van der Waals surface area contributed by atoms with E-state index in [4.69, 9.17) is 0 Å². The van der Waals surface area contributed by atoms with Gasteiger partial charge in [0.05, 0.1) is 6.04 Å². The largest absolute Gasteiger partial charge is 0.345 e. The number of carbonyl (C=O) groups is 4. The first kappa shape index (κ1) is 22.3. The first-order valence-electron chi connectivity index (χ1n) is 11.7. The quantitative estimate of drug-likeness (QED) is 0.666. The number of hydrogen-bond donors (Lipinski definition) is 2. The van der Waals surface area contributed by atoms with E-state index < -0.39 is 11.9 Å².